The van der Waals surface area contributed by atoms with Gasteiger partial charge < -0.3 is 9.30 Å². The van der Waals surface area contributed by atoms with Crippen LogP contribution < -0.4 is 0 Å². The Kier molecular flexibility index (Phi) is 5.87. The normalized spacial score (nSPS) is 18.4. The summed E-state index contributed by atoms with van der Waals surface area (Å²) in [5.41, 5.74) is 5.24. The molecule has 6 rings (SSSR count). The lowest BCUT2D eigenvalue weighted by molar-refractivity contribution is -0.0285. The second kappa shape index (κ2) is 9.49. The Morgan fingerprint density at radius 3 is 2.16 bits per heavy atom. The lowest BCUT2D eigenvalue weighted by Crippen LogP contribution is -2.37. The zero-order valence-corrected chi connectivity index (χ0v) is 20.7. The van der Waals surface area contributed by atoms with E-state index in [1.54, 1.807) is 0 Å². The Morgan fingerprint density at radius 1 is 0.892 bits per heavy atom. The van der Waals surface area contributed by atoms with Gasteiger partial charge in [-0.15, -0.1) is 0 Å². The third-order valence-corrected chi connectivity index (χ3v) is 7.62. The van der Waals surface area contributed by atoms with E-state index in [0.29, 0.717) is 6.42 Å². The van der Waals surface area contributed by atoms with Crippen LogP contribution in [0.5, 0.6) is 0 Å². The SMILES string of the molecule is [C-]#[N+]/C(C#N)=C1C=C(/C=C/c2ccc(-n3c4ccccc4c4ccccc43)cc2)OC2(CCCCC2)C\1. The van der Waals surface area contributed by atoms with Gasteiger partial charge in [-0.2, -0.15) is 0 Å². The van der Waals surface area contributed by atoms with Crippen LogP contribution in [0.1, 0.15) is 44.1 Å². The van der Waals surface area contributed by atoms with Crippen LogP contribution in [0.15, 0.2) is 102 Å². The molecular formula is C33H27N3O. The van der Waals surface area contributed by atoms with E-state index < -0.39 is 0 Å². The summed E-state index contributed by atoms with van der Waals surface area (Å²) in [6, 6.07) is 27.6. The van der Waals surface area contributed by atoms with Crippen molar-refractivity contribution in [3.63, 3.8) is 0 Å². The molecule has 0 radical (unpaired) electrons. The van der Waals surface area contributed by atoms with Gasteiger partial charge in [0, 0.05) is 22.9 Å². The van der Waals surface area contributed by atoms with E-state index >= 15 is 0 Å². The summed E-state index contributed by atoms with van der Waals surface area (Å²) >= 11 is 0. The lowest BCUT2D eigenvalue weighted by Gasteiger charge is -2.41. The molecule has 0 amide bonds. The molecule has 1 aromatic heterocycles. The Labute approximate surface area is 217 Å². The van der Waals surface area contributed by atoms with Crippen LogP contribution in [0.2, 0.25) is 0 Å². The number of hydrogen-bond donors (Lipinski definition) is 0. The molecule has 0 atom stereocenters. The predicted molar refractivity (Wildman–Crippen MR) is 149 cm³/mol. The van der Waals surface area contributed by atoms with Crippen LogP contribution in [-0.2, 0) is 4.74 Å². The van der Waals surface area contributed by atoms with Gasteiger partial charge in [-0.05, 0) is 73.2 Å². The first kappa shape index (κ1) is 22.9. The molecule has 1 spiro atoms. The van der Waals surface area contributed by atoms with Crippen LogP contribution in [0.3, 0.4) is 0 Å². The van der Waals surface area contributed by atoms with E-state index in [-0.39, 0.29) is 11.3 Å². The van der Waals surface area contributed by atoms with Gasteiger partial charge in [-0.25, -0.2) is 10.1 Å². The zero-order valence-electron chi connectivity index (χ0n) is 20.7. The number of allylic oxidation sites excluding steroid dienone is 3. The number of benzene rings is 3. The zero-order chi connectivity index (χ0) is 25.2. The molecule has 1 saturated carbocycles. The second-order valence-corrected chi connectivity index (χ2v) is 9.96. The highest BCUT2D eigenvalue weighted by atomic mass is 16.5. The minimum atomic E-state index is -0.296. The number of ether oxygens (including phenoxy) is 1. The number of nitriles is 1. The Morgan fingerprint density at radius 2 is 1.54 bits per heavy atom. The van der Waals surface area contributed by atoms with Gasteiger partial charge in [0.05, 0.1) is 23.7 Å². The maximum Gasteiger partial charge on any atom is 0.265 e. The quantitative estimate of drug-likeness (QED) is 0.217. The van der Waals surface area contributed by atoms with E-state index in [4.69, 9.17) is 11.3 Å². The minimum Gasteiger partial charge on any atom is -0.487 e. The van der Waals surface area contributed by atoms with E-state index in [1.807, 2.05) is 18.2 Å². The molecule has 2 heterocycles. The van der Waals surface area contributed by atoms with Crippen LogP contribution in [0, 0.1) is 17.9 Å². The van der Waals surface area contributed by atoms with Crippen LogP contribution in [0.4, 0.5) is 0 Å². The summed E-state index contributed by atoms with van der Waals surface area (Å²) in [7, 11) is 0. The fraction of sp³-hybridized carbons (Fsp3) is 0.212. The fourth-order valence-corrected chi connectivity index (χ4v) is 5.88. The highest BCUT2D eigenvalue weighted by Crippen LogP contribution is 2.43. The summed E-state index contributed by atoms with van der Waals surface area (Å²) in [5, 5.41) is 12.0. The standard InChI is InChI=1S/C33H27N3O/c1-35-30(23-34)25-21-27(37-33(22-25)19-7-2-8-20-33)18-15-24-13-16-26(17-14-24)36-31-11-5-3-9-28(31)29-10-4-6-12-32(29)36/h3-6,9-18,21H,2,7-8,19-20,22H2/b18-15+,30-25+. The van der Waals surface area contributed by atoms with Gasteiger partial charge in [-0.3, -0.25) is 0 Å². The average Bonchev–Trinajstić information content (AvgIpc) is 3.28. The predicted octanol–water partition coefficient (Wildman–Crippen LogP) is 8.50. The largest absolute Gasteiger partial charge is 0.487 e. The van der Waals surface area contributed by atoms with E-state index in [1.165, 1.54) is 28.2 Å². The number of para-hydroxylation sites is 2. The van der Waals surface area contributed by atoms with Gasteiger partial charge in [-0.1, -0.05) is 61.0 Å². The minimum absolute atomic E-state index is 0.176. The van der Waals surface area contributed by atoms with Crippen molar-refractivity contribution in [1.29, 1.82) is 5.26 Å². The van der Waals surface area contributed by atoms with Crippen molar-refractivity contribution in [2.24, 2.45) is 0 Å². The molecule has 4 nitrogen and oxygen atoms in total. The van der Waals surface area contributed by atoms with Crippen molar-refractivity contribution >= 4 is 27.9 Å². The van der Waals surface area contributed by atoms with Crippen molar-refractivity contribution in [2.75, 3.05) is 0 Å². The second-order valence-electron chi connectivity index (χ2n) is 9.96. The van der Waals surface area contributed by atoms with Gasteiger partial charge in [0.25, 0.3) is 5.70 Å². The number of fused-ring (bicyclic) bond motifs is 3. The summed E-state index contributed by atoms with van der Waals surface area (Å²) < 4.78 is 8.82. The molecule has 0 bridgehead atoms. The lowest BCUT2D eigenvalue weighted by atomic mass is 9.78. The van der Waals surface area contributed by atoms with Gasteiger partial charge in [0.15, 0.2) is 0 Å². The van der Waals surface area contributed by atoms with E-state index in [9.17, 15) is 5.26 Å². The molecule has 1 aliphatic heterocycles. The average molecular weight is 482 g/mol. The number of aromatic nitrogens is 1. The van der Waals surface area contributed by atoms with Gasteiger partial charge in [0.2, 0.25) is 0 Å². The molecular weight excluding hydrogens is 454 g/mol. The molecule has 1 aliphatic carbocycles. The Bertz CT molecular complexity index is 1590. The van der Waals surface area contributed by atoms with Gasteiger partial charge in [0.1, 0.15) is 11.4 Å². The summed E-state index contributed by atoms with van der Waals surface area (Å²) in [6.45, 7) is 7.44. The number of rotatable bonds is 3. The monoisotopic (exact) mass is 481 g/mol. The summed E-state index contributed by atoms with van der Waals surface area (Å²) in [6.07, 6.45) is 11.9. The van der Waals surface area contributed by atoms with Crippen molar-refractivity contribution in [1.82, 2.24) is 4.57 Å². The topological polar surface area (TPSA) is 42.3 Å². The molecule has 2 aliphatic rings. The first-order valence-electron chi connectivity index (χ1n) is 12.9. The van der Waals surface area contributed by atoms with Crippen LogP contribution in [0.25, 0.3) is 38.4 Å². The van der Waals surface area contributed by atoms with Crippen LogP contribution >= 0.6 is 0 Å². The molecule has 4 aromatic rings. The molecule has 1 fully saturated rings. The molecule has 0 unspecified atom stereocenters. The van der Waals surface area contributed by atoms with Crippen molar-refractivity contribution in [3.8, 4) is 11.8 Å². The smallest absolute Gasteiger partial charge is 0.265 e. The van der Waals surface area contributed by atoms with Crippen molar-refractivity contribution in [3.05, 3.63) is 119 Å². The third kappa shape index (κ3) is 4.22. The van der Waals surface area contributed by atoms with Crippen LogP contribution in [-0.4, -0.2) is 10.2 Å². The summed E-state index contributed by atoms with van der Waals surface area (Å²) in [5.74, 6) is 0.728. The first-order chi connectivity index (χ1) is 18.2. The molecule has 0 saturated heterocycles. The molecule has 180 valence electrons. The fourth-order valence-electron chi connectivity index (χ4n) is 5.88. The highest BCUT2D eigenvalue weighted by molar-refractivity contribution is 6.09. The number of hydrogen-bond acceptors (Lipinski definition) is 2. The van der Waals surface area contributed by atoms with Crippen molar-refractivity contribution < 1.29 is 4.74 Å². The Balaban J connectivity index is 1.33. The van der Waals surface area contributed by atoms with Gasteiger partial charge >= 0.3 is 0 Å². The maximum absolute atomic E-state index is 9.48. The first-order valence-corrected chi connectivity index (χ1v) is 12.9. The van der Waals surface area contributed by atoms with E-state index in [0.717, 1.165) is 48.3 Å². The molecule has 0 N–H and O–H groups in total. The highest BCUT2D eigenvalue weighted by Gasteiger charge is 2.38. The summed E-state index contributed by atoms with van der Waals surface area (Å²) in [4.78, 5) is 3.48. The third-order valence-electron chi connectivity index (χ3n) is 7.62. The molecule has 37 heavy (non-hydrogen) atoms. The molecule has 3 aromatic carbocycles. The maximum atomic E-state index is 9.48. The Hall–Kier alpha value is -4.54. The van der Waals surface area contributed by atoms with E-state index in [2.05, 4.69) is 88.3 Å². The van der Waals surface area contributed by atoms with Crippen molar-refractivity contribution in [2.45, 2.75) is 44.1 Å². The molecule has 4 heteroatoms. The number of nitrogens with zero attached hydrogens (tertiary/aromatic N) is 3.